The maximum absolute atomic E-state index is 12.8. The monoisotopic (exact) mass is 237 g/mol. The van der Waals surface area contributed by atoms with Gasteiger partial charge < -0.3 is 5.11 Å². The Labute approximate surface area is 97.3 Å². The summed E-state index contributed by atoms with van der Waals surface area (Å²) in [6, 6.07) is 7.70. The van der Waals surface area contributed by atoms with Gasteiger partial charge >= 0.3 is 0 Å². The molecule has 4 heteroatoms. The summed E-state index contributed by atoms with van der Waals surface area (Å²) in [6.45, 7) is -0.0988. The summed E-state index contributed by atoms with van der Waals surface area (Å²) >= 11 is 5.94. The molecule has 0 radical (unpaired) electrons. The first-order valence-corrected chi connectivity index (χ1v) is 5.09. The first kappa shape index (κ1) is 11.0. The maximum atomic E-state index is 12.8. The Hall–Kier alpha value is -1.45. The van der Waals surface area contributed by atoms with Gasteiger partial charge in [0.25, 0.3) is 0 Å². The SMILES string of the molecule is OCc1cnc(Cl)c(-c2ccc(F)cc2)c1. The van der Waals surface area contributed by atoms with Gasteiger partial charge in [-0.05, 0) is 29.3 Å². The Morgan fingerprint density at radius 3 is 2.56 bits per heavy atom. The largest absolute Gasteiger partial charge is 0.392 e. The van der Waals surface area contributed by atoms with Gasteiger partial charge in [-0.1, -0.05) is 23.7 Å². The summed E-state index contributed by atoms with van der Waals surface area (Å²) in [5.41, 5.74) is 2.13. The van der Waals surface area contributed by atoms with E-state index in [4.69, 9.17) is 16.7 Å². The van der Waals surface area contributed by atoms with E-state index >= 15 is 0 Å². The molecule has 2 rings (SSSR count). The summed E-state index contributed by atoms with van der Waals surface area (Å²) in [7, 11) is 0. The Balaban J connectivity index is 2.50. The fraction of sp³-hybridized carbons (Fsp3) is 0.0833. The highest BCUT2D eigenvalue weighted by Crippen LogP contribution is 2.27. The Morgan fingerprint density at radius 2 is 1.94 bits per heavy atom. The number of rotatable bonds is 2. The Morgan fingerprint density at radius 1 is 1.25 bits per heavy atom. The van der Waals surface area contributed by atoms with E-state index < -0.39 is 0 Å². The normalized spacial score (nSPS) is 10.4. The number of aliphatic hydroxyl groups excluding tert-OH is 1. The van der Waals surface area contributed by atoms with Crippen LogP contribution in [-0.2, 0) is 6.61 Å². The number of hydrogen-bond acceptors (Lipinski definition) is 2. The molecule has 0 aliphatic heterocycles. The zero-order valence-corrected chi connectivity index (χ0v) is 9.08. The van der Waals surface area contributed by atoms with Crippen molar-refractivity contribution in [3.8, 4) is 11.1 Å². The Kier molecular flexibility index (Phi) is 3.17. The molecular weight excluding hydrogens is 229 g/mol. The van der Waals surface area contributed by atoms with Gasteiger partial charge in [-0.25, -0.2) is 9.37 Å². The van der Waals surface area contributed by atoms with Crippen LogP contribution in [0, 0.1) is 5.82 Å². The van der Waals surface area contributed by atoms with E-state index in [2.05, 4.69) is 4.98 Å². The minimum atomic E-state index is -0.300. The molecule has 1 aromatic carbocycles. The van der Waals surface area contributed by atoms with Crippen LogP contribution in [-0.4, -0.2) is 10.1 Å². The molecular formula is C12H9ClFNO. The van der Waals surface area contributed by atoms with Crippen molar-refractivity contribution >= 4 is 11.6 Å². The van der Waals surface area contributed by atoms with Crippen LogP contribution in [0.1, 0.15) is 5.56 Å². The quantitative estimate of drug-likeness (QED) is 0.815. The molecule has 2 aromatic rings. The van der Waals surface area contributed by atoms with Crippen molar-refractivity contribution in [2.45, 2.75) is 6.61 Å². The molecule has 0 saturated heterocycles. The van der Waals surface area contributed by atoms with E-state index in [1.54, 1.807) is 18.2 Å². The van der Waals surface area contributed by atoms with Crippen molar-refractivity contribution in [3.05, 3.63) is 53.1 Å². The van der Waals surface area contributed by atoms with Gasteiger partial charge in [0, 0.05) is 11.8 Å². The van der Waals surface area contributed by atoms with E-state index in [-0.39, 0.29) is 12.4 Å². The third-order valence-electron chi connectivity index (χ3n) is 2.23. The molecule has 2 nitrogen and oxygen atoms in total. The molecule has 0 spiro atoms. The smallest absolute Gasteiger partial charge is 0.136 e. The zero-order chi connectivity index (χ0) is 11.5. The lowest BCUT2D eigenvalue weighted by atomic mass is 10.1. The van der Waals surface area contributed by atoms with Crippen LogP contribution in [0.15, 0.2) is 36.5 Å². The molecule has 0 fully saturated rings. The number of halogens is 2. The molecule has 1 aromatic heterocycles. The molecule has 0 saturated carbocycles. The summed E-state index contributed by atoms with van der Waals surface area (Å²) in [5.74, 6) is -0.300. The van der Waals surface area contributed by atoms with Crippen molar-refractivity contribution in [2.24, 2.45) is 0 Å². The molecule has 1 heterocycles. The van der Waals surface area contributed by atoms with Crippen LogP contribution in [0.5, 0.6) is 0 Å². The molecule has 0 unspecified atom stereocenters. The van der Waals surface area contributed by atoms with Crippen LogP contribution >= 0.6 is 11.6 Å². The van der Waals surface area contributed by atoms with Gasteiger partial charge in [0.2, 0.25) is 0 Å². The van der Waals surface area contributed by atoms with Crippen LogP contribution < -0.4 is 0 Å². The highest BCUT2D eigenvalue weighted by atomic mass is 35.5. The molecule has 16 heavy (non-hydrogen) atoms. The summed E-state index contributed by atoms with van der Waals surface area (Å²) in [6.07, 6.45) is 1.51. The number of aliphatic hydroxyl groups is 1. The second kappa shape index (κ2) is 4.60. The topological polar surface area (TPSA) is 33.1 Å². The minimum absolute atomic E-state index is 0.0988. The maximum Gasteiger partial charge on any atom is 0.136 e. The highest BCUT2D eigenvalue weighted by Gasteiger charge is 2.06. The van der Waals surface area contributed by atoms with Crippen LogP contribution in [0.4, 0.5) is 4.39 Å². The van der Waals surface area contributed by atoms with Crippen molar-refractivity contribution in [2.75, 3.05) is 0 Å². The Bertz CT molecular complexity index is 499. The van der Waals surface area contributed by atoms with E-state index in [9.17, 15) is 4.39 Å². The molecule has 1 N–H and O–H groups in total. The van der Waals surface area contributed by atoms with E-state index in [1.165, 1.54) is 18.3 Å². The average Bonchev–Trinajstić information content (AvgIpc) is 2.31. The van der Waals surface area contributed by atoms with Crippen LogP contribution in [0.3, 0.4) is 0 Å². The third-order valence-corrected chi connectivity index (χ3v) is 2.53. The van der Waals surface area contributed by atoms with Gasteiger partial charge in [-0.3, -0.25) is 0 Å². The molecule has 0 amide bonds. The predicted octanol–water partition coefficient (Wildman–Crippen LogP) is 3.03. The van der Waals surface area contributed by atoms with E-state index in [0.717, 1.165) is 5.56 Å². The molecule has 0 aliphatic carbocycles. The molecule has 0 aliphatic rings. The second-order valence-electron chi connectivity index (χ2n) is 3.35. The van der Waals surface area contributed by atoms with Crippen molar-refractivity contribution < 1.29 is 9.50 Å². The summed E-state index contributed by atoms with van der Waals surface area (Å²) in [4.78, 5) is 3.96. The highest BCUT2D eigenvalue weighted by molar-refractivity contribution is 6.32. The van der Waals surface area contributed by atoms with Gasteiger partial charge in [0.15, 0.2) is 0 Å². The lowest BCUT2D eigenvalue weighted by Gasteiger charge is -2.05. The minimum Gasteiger partial charge on any atom is -0.392 e. The fourth-order valence-corrected chi connectivity index (χ4v) is 1.62. The summed E-state index contributed by atoms with van der Waals surface area (Å²) < 4.78 is 12.8. The summed E-state index contributed by atoms with van der Waals surface area (Å²) in [5, 5.41) is 9.34. The van der Waals surface area contributed by atoms with Gasteiger partial charge in [0.05, 0.1) is 6.61 Å². The molecule has 82 valence electrons. The first-order chi connectivity index (χ1) is 7.70. The first-order valence-electron chi connectivity index (χ1n) is 4.72. The fourth-order valence-electron chi connectivity index (χ4n) is 1.41. The second-order valence-corrected chi connectivity index (χ2v) is 3.70. The standard InChI is InChI=1S/C12H9ClFNO/c13-12-11(5-8(7-16)6-15-12)9-1-3-10(14)4-2-9/h1-6,16H,7H2. The lowest BCUT2D eigenvalue weighted by Crippen LogP contribution is -1.89. The number of nitrogens with zero attached hydrogens (tertiary/aromatic N) is 1. The number of aromatic nitrogens is 1. The van der Waals surface area contributed by atoms with Gasteiger partial charge in [-0.2, -0.15) is 0 Å². The zero-order valence-electron chi connectivity index (χ0n) is 8.32. The number of hydrogen-bond donors (Lipinski definition) is 1. The van der Waals surface area contributed by atoms with Crippen LogP contribution in [0.25, 0.3) is 11.1 Å². The number of pyridine rings is 1. The molecule has 0 atom stereocenters. The van der Waals surface area contributed by atoms with Gasteiger partial charge in [-0.15, -0.1) is 0 Å². The van der Waals surface area contributed by atoms with Crippen LogP contribution in [0.2, 0.25) is 5.15 Å². The molecule has 0 bridgehead atoms. The van der Waals surface area contributed by atoms with E-state index in [1.807, 2.05) is 0 Å². The predicted molar refractivity (Wildman–Crippen MR) is 60.6 cm³/mol. The van der Waals surface area contributed by atoms with E-state index in [0.29, 0.717) is 16.3 Å². The van der Waals surface area contributed by atoms with Crippen molar-refractivity contribution in [3.63, 3.8) is 0 Å². The third kappa shape index (κ3) is 2.21. The van der Waals surface area contributed by atoms with Crippen molar-refractivity contribution in [1.29, 1.82) is 0 Å². The van der Waals surface area contributed by atoms with Crippen molar-refractivity contribution in [1.82, 2.24) is 4.98 Å². The number of benzene rings is 1. The van der Waals surface area contributed by atoms with Gasteiger partial charge in [0.1, 0.15) is 11.0 Å². The lowest BCUT2D eigenvalue weighted by molar-refractivity contribution is 0.281. The average molecular weight is 238 g/mol.